The van der Waals surface area contributed by atoms with Gasteiger partial charge in [-0.2, -0.15) is 13.2 Å². The summed E-state index contributed by atoms with van der Waals surface area (Å²) in [4.78, 5) is 30.0. The summed E-state index contributed by atoms with van der Waals surface area (Å²) in [5.74, 6) is -0.841. The summed E-state index contributed by atoms with van der Waals surface area (Å²) in [6, 6.07) is 5.04. The number of aliphatic imine (C=N–C) groups is 1. The number of halogens is 3. The van der Waals surface area contributed by atoms with E-state index in [-0.39, 0.29) is 23.9 Å². The molecule has 12 heteroatoms. The molecule has 5 N–H and O–H groups in total. The van der Waals surface area contributed by atoms with Gasteiger partial charge in [-0.25, -0.2) is 20.4 Å². The van der Waals surface area contributed by atoms with Gasteiger partial charge in [0, 0.05) is 5.39 Å². The second-order valence-corrected chi connectivity index (χ2v) is 7.64. The molecule has 1 amide bonds. The molecule has 32 heavy (non-hydrogen) atoms. The van der Waals surface area contributed by atoms with Gasteiger partial charge in [0.25, 0.3) is 5.91 Å². The molecular formula is C20H26F3N7O2. The zero-order valence-electron chi connectivity index (χ0n) is 17.8. The van der Waals surface area contributed by atoms with Crippen LogP contribution in [-0.2, 0) is 4.84 Å². The Hall–Kier alpha value is -3.15. The highest BCUT2D eigenvalue weighted by Gasteiger charge is 2.29. The monoisotopic (exact) mass is 453 g/mol. The number of nitrogens with two attached hydrogens (primary N) is 1. The van der Waals surface area contributed by atoms with Crippen molar-refractivity contribution in [3.8, 4) is 0 Å². The number of carbonyl (C=O) groups excluding carboxylic acids is 1. The SMILES string of the molecule is CONC(N)=N[C@@H]1CCCC[C@@H]1Nc1nc(C(=O)NCC(F)(F)F)nc2ccc(C)cc12. The molecule has 1 fully saturated rings. The Labute approximate surface area is 183 Å². The fourth-order valence-corrected chi connectivity index (χ4v) is 3.63. The number of fused-ring (bicyclic) bond motifs is 1. The lowest BCUT2D eigenvalue weighted by atomic mass is 9.90. The molecule has 2 aromatic rings. The minimum absolute atomic E-state index is 0.141. The van der Waals surface area contributed by atoms with E-state index in [0.717, 1.165) is 31.2 Å². The van der Waals surface area contributed by atoms with Crippen LogP contribution < -0.4 is 21.8 Å². The number of hydrogen-bond donors (Lipinski definition) is 4. The molecule has 1 aromatic carbocycles. The van der Waals surface area contributed by atoms with E-state index in [0.29, 0.717) is 16.7 Å². The second-order valence-electron chi connectivity index (χ2n) is 7.64. The van der Waals surface area contributed by atoms with Gasteiger partial charge in [0.2, 0.25) is 11.8 Å². The molecule has 0 aliphatic heterocycles. The molecule has 174 valence electrons. The number of rotatable bonds is 6. The van der Waals surface area contributed by atoms with E-state index >= 15 is 0 Å². The van der Waals surface area contributed by atoms with E-state index in [2.05, 4.69) is 25.8 Å². The predicted molar refractivity (Wildman–Crippen MR) is 114 cm³/mol. The number of nitrogens with zero attached hydrogens (tertiary/aromatic N) is 3. The van der Waals surface area contributed by atoms with Crippen LogP contribution in [0.2, 0.25) is 0 Å². The minimum atomic E-state index is -4.53. The molecule has 1 heterocycles. The smallest absolute Gasteiger partial charge is 0.368 e. The summed E-state index contributed by atoms with van der Waals surface area (Å²) in [5, 5.41) is 5.81. The van der Waals surface area contributed by atoms with Crippen LogP contribution in [0.4, 0.5) is 19.0 Å². The van der Waals surface area contributed by atoms with Gasteiger partial charge in [0.1, 0.15) is 12.4 Å². The first-order chi connectivity index (χ1) is 15.2. The van der Waals surface area contributed by atoms with Crippen molar-refractivity contribution in [2.24, 2.45) is 10.7 Å². The fourth-order valence-electron chi connectivity index (χ4n) is 3.63. The van der Waals surface area contributed by atoms with Crippen LogP contribution in [0.5, 0.6) is 0 Å². The first-order valence-corrected chi connectivity index (χ1v) is 10.2. The quantitative estimate of drug-likeness (QED) is 0.301. The number of benzene rings is 1. The van der Waals surface area contributed by atoms with E-state index < -0.39 is 18.6 Å². The third kappa shape index (κ3) is 6.19. The lowest BCUT2D eigenvalue weighted by Crippen LogP contribution is -2.40. The van der Waals surface area contributed by atoms with Gasteiger partial charge in [-0.15, -0.1) is 0 Å². The molecule has 0 spiro atoms. The molecule has 0 bridgehead atoms. The first kappa shape index (κ1) is 23.5. The third-order valence-corrected chi connectivity index (χ3v) is 5.07. The van der Waals surface area contributed by atoms with Crippen LogP contribution >= 0.6 is 0 Å². The molecule has 1 aliphatic carbocycles. The molecule has 1 aliphatic rings. The lowest BCUT2D eigenvalue weighted by molar-refractivity contribution is -0.123. The van der Waals surface area contributed by atoms with Gasteiger partial charge in [-0.1, -0.05) is 24.5 Å². The molecule has 2 atom stereocenters. The Bertz CT molecular complexity index is 997. The predicted octanol–water partition coefficient (Wildman–Crippen LogP) is 2.42. The van der Waals surface area contributed by atoms with Crippen molar-refractivity contribution in [3.05, 3.63) is 29.6 Å². The Balaban J connectivity index is 1.93. The van der Waals surface area contributed by atoms with Crippen molar-refractivity contribution in [1.82, 2.24) is 20.8 Å². The average molecular weight is 453 g/mol. The van der Waals surface area contributed by atoms with Crippen molar-refractivity contribution in [1.29, 1.82) is 0 Å². The van der Waals surface area contributed by atoms with Crippen LogP contribution in [0.25, 0.3) is 10.9 Å². The summed E-state index contributed by atoms with van der Waals surface area (Å²) < 4.78 is 37.5. The van der Waals surface area contributed by atoms with Gasteiger partial charge in [-0.05, 0) is 31.9 Å². The summed E-state index contributed by atoms with van der Waals surface area (Å²) in [6.07, 6.45) is -1.04. The summed E-state index contributed by atoms with van der Waals surface area (Å²) >= 11 is 0. The highest BCUT2D eigenvalue weighted by atomic mass is 19.4. The summed E-state index contributed by atoms with van der Waals surface area (Å²) in [6.45, 7) is 0.438. The molecule has 0 unspecified atom stereocenters. The molecular weight excluding hydrogens is 427 g/mol. The van der Waals surface area contributed by atoms with Gasteiger partial charge in [0.15, 0.2) is 0 Å². The van der Waals surface area contributed by atoms with Gasteiger partial charge in [0.05, 0.1) is 24.7 Å². The fraction of sp³-hybridized carbons (Fsp3) is 0.500. The number of carbonyl (C=O) groups is 1. The molecule has 0 radical (unpaired) electrons. The standard InChI is InChI=1S/C20H26F3N7O2/c1-11-7-8-13-12(9-11)16(29-17(26-13)18(31)25-10-20(21,22)23)27-14-5-3-4-6-15(14)28-19(24)30-32-2/h7-9,14-15H,3-6,10H2,1-2H3,(H,25,31)(H3,24,28,30)(H,26,27,29)/t14-,15+/m0/s1. The van der Waals surface area contributed by atoms with Gasteiger partial charge in [-0.3, -0.25) is 9.63 Å². The Morgan fingerprint density at radius 3 is 2.75 bits per heavy atom. The number of amides is 1. The Kier molecular flexibility index (Phi) is 7.33. The van der Waals surface area contributed by atoms with E-state index in [4.69, 9.17) is 10.6 Å². The molecule has 1 aromatic heterocycles. The van der Waals surface area contributed by atoms with E-state index in [9.17, 15) is 18.0 Å². The van der Waals surface area contributed by atoms with E-state index in [1.807, 2.05) is 18.3 Å². The number of hydroxylamine groups is 1. The third-order valence-electron chi connectivity index (χ3n) is 5.07. The lowest BCUT2D eigenvalue weighted by Gasteiger charge is -2.30. The number of hydrogen-bond acceptors (Lipinski definition) is 6. The molecule has 3 rings (SSSR count). The Morgan fingerprint density at radius 2 is 2.03 bits per heavy atom. The number of aromatic nitrogens is 2. The van der Waals surface area contributed by atoms with Crippen molar-refractivity contribution >= 4 is 28.6 Å². The van der Waals surface area contributed by atoms with Crippen molar-refractivity contribution < 1.29 is 22.8 Å². The molecule has 0 saturated heterocycles. The summed E-state index contributed by atoms with van der Waals surface area (Å²) in [7, 11) is 1.43. The van der Waals surface area contributed by atoms with Crippen LogP contribution in [0.1, 0.15) is 41.9 Å². The highest BCUT2D eigenvalue weighted by Crippen LogP contribution is 2.28. The van der Waals surface area contributed by atoms with Crippen molar-refractivity contribution in [2.45, 2.75) is 50.9 Å². The molecule has 1 saturated carbocycles. The Morgan fingerprint density at radius 1 is 1.28 bits per heavy atom. The second kappa shape index (κ2) is 9.98. The average Bonchev–Trinajstić information content (AvgIpc) is 2.73. The normalized spacial score (nSPS) is 19.6. The van der Waals surface area contributed by atoms with Gasteiger partial charge < -0.3 is 16.4 Å². The van der Waals surface area contributed by atoms with E-state index in [1.54, 1.807) is 12.1 Å². The van der Waals surface area contributed by atoms with Crippen molar-refractivity contribution in [2.75, 3.05) is 19.0 Å². The zero-order valence-corrected chi connectivity index (χ0v) is 17.8. The van der Waals surface area contributed by atoms with Crippen LogP contribution in [0.15, 0.2) is 23.2 Å². The zero-order chi connectivity index (χ0) is 23.3. The highest BCUT2D eigenvalue weighted by molar-refractivity contribution is 5.96. The minimum Gasteiger partial charge on any atom is -0.368 e. The maximum absolute atomic E-state index is 12.5. The molecule has 9 nitrogen and oxygen atoms in total. The number of anilines is 1. The van der Waals surface area contributed by atoms with Crippen LogP contribution in [0, 0.1) is 6.92 Å². The number of aryl methyl sites for hydroxylation is 1. The van der Waals surface area contributed by atoms with Crippen molar-refractivity contribution in [3.63, 3.8) is 0 Å². The summed E-state index contributed by atoms with van der Waals surface area (Å²) in [5.41, 5.74) is 9.72. The van der Waals surface area contributed by atoms with E-state index in [1.165, 1.54) is 7.11 Å². The largest absolute Gasteiger partial charge is 0.405 e. The first-order valence-electron chi connectivity index (χ1n) is 10.2. The van der Waals surface area contributed by atoms with Crippen LogP contribution in [0.3, 0.4) is 0 Å². The number of alkyl halides is 3. The maximum Gasteiger partial charge on any atom is 0.405 e. The topological polar surface area (TPSA) is 127 Å². The number of nitrogens with one attached hydrogen (secondary N) is 3. The van der Waals surface area contributed by atoms with Gasteiger partial charge >= 0.3 is 6.18 Å². The van der Waals surface area contributed by atoms with Crippen LogP contribution in [-0.4, -0.2) is 53.7 Å². The maximum atomic E-state index is 12.5. The number of guanidine groups is 1.